The molecule has 0 radical (unpaired) electrons. The van der Waals surface area contributed by atoms with Gasteiger partial charge in [-0.05, 0) is 61.4 Å². The van der Waals surface area contributed by atoms with Crippen LogP contribution < -0.4 is 15.4 Å². The first-order chi connectivity index (χ1) is 13.4. The molecule has 0 aliphatic heterocycles. The zero-order chi connectivity index (χ0) is 20.1. The number of anilines is 2. The zero-order valence-electron chi connectivity index (χ0n) is 15.9. The molecule has 7 heteroatoms. The Balaban J connectivity index is 1.71. The molecule has 0 unspecified atom stereocenters. The molecule has 1 heterocycles. The Hall–Kier alpha value is -3.12. The molecule has 0 bridgehead atoms. The lowest BCUT2D eigenvalue weighted by Crippen LogP contribution is -2.24. The molecule has 1 amide bonds. The minimum absolute atomic E-state index is 0.266. The highest BCUT2D eigenvalue weighted by atomic mass is 35.5. The summed E-state index contributed by atoms with van der Waals surface area (Å²) in [6, 6.07) is 14.7. The summed E-state index contributed by atoms with van der Waals surface area (Å²) < 4.78 is 5.14. The summed E-state index contributed by atoms with van der Waals surface area (Å²) in [5.41, 5.74) is 3.76. The summed E-state index contributed by atoms with van der Waals surface area (Å²) in [7, 11) is 1.62. The van der Waals surface area contributed by atoms with Gasteiger partial charge < -0.3 is 15.4 Å². The van der Waals surface area contributed by atoms with E-state index in [9.17, 15) is 4.79 Å². The Morgan fingerprint density at radius 3 is 2.50 bits per heavy atom. The molecule has 0 atom stereocenters. The summed E-state index contributed by atoms with van der Waals surface area (Å²) in [6.45, 7) is 4.15. The van der Waals surface area contributed by atoms with Gasteiger partial charge in [0.15, 0.2) is 0 Å². The van der Waals surface area contributed by atoms with Crippen molar-refractivity contribution in [2.24, 2.45) is 0 Å². The molecule has 2 N–H and O–H groups in total. The third-order valence-corrected chi connectivity index (χ3v) is 4.37. The van der Waals surface area contributed by atoms with Crippen LogP contribution in [-0.2, 0) is 6.54 Å². The number of rotatable bonds is 6. The molecule has 28 heavy (non-hydrogen) atoms. The van der Waals surface area contributed by atoms with Crippen LogP contribution in [0.25, 0.3) is 0 Å². The van der Waals surface area contributed by atoms with Gasteiger partial charge in [-0.15, -0.1) is 0 Å². The highest BCUT2D eigenvalue weighted by molar-refractivity contribution is 6.30. The van der Waals surface area contributed by atoms with E-state index >= 15 is 0 Å². The SMILES string of the molecule is COc1ccc(CNC(=O)c2cc(C)nc(Nc3ccc(Cl)cc3C)n2)cc1. The van der Waals surface area contributed by atoms with Crippen molar-refractivity contribution in [1.82, 2.24) is 15.3 Å². The summed E-state index contributed by atoms with van der Waals surface area (Å²) in [6.07, 6.45) is 0. The maximum Gasteiger partial charge on any atom is 0.270 e. The summed E-state index contributed by atoms with van der Waals surface area (Å²) in [4.78, 5) is 21.2. The van der Waals surface area contributed by atoms with Crippen LogP contribution in [0.3, 0.4) is 0 Å². The molecule has 6 nitrogen and oxygen atoms in total. The lowest BCUT2D eigenvalue weighted by Gasteiger charge is -2.11. The molecule has 1 aromatic heterocycles. The highest BCUT2D eigenvalue weighted by Crippen LogP contribution is 2.22. The largest absolute Gasteiger partial charge is 0.497 e. The van der Waals surface area contributed by atoms with Gasteiger partial charge in [-0.1, -0.05) is 23.7 Å². The van der Waals surface area contributed by atoms with Gasteiger partial charge in [0.1, 0.15) is 11.4 Å². The molecule has 0 spiro atoms. The molecule has 2 aromatic carbocycles. The number of amides is 1. The summed E-state index contributed by atoms with van der Waals surface area (Å²) in [5.74, 6) is 0.868. The lowest BCUT2D eigenvalue weighted by atomic mass is 10.2. The second-order valence-electron chi connectivity index (χ2n) is 6.33. The topological polar surface area (TPSA) is 76.1 Å². The van der Waals surface area contributed by atoms with Crippen molar-refractivity contribution in [2.45, 2.75) is 20.4 Å². The van der Waals surface area contributed by atoms with E-state index in [0.717, 1.165) is 22.6 Å². The van der Waals surface area contributed by atoms with Crippen LogP contribution in [-0.4, -0.2) is 23.0 Å². The summed E-state index contributed by atoms with van der Waals surface area (Å²) in [5, 5.41) is 6.68. The number of aryl methyl sites for hydroxylation is 2. The van der Waals surface area contributed by atoms with Crippen molar-refractivity contribution < 1.29 is 9.53 Å². The fourth-order valence-electron chi connectivity index (χ4n) is 2.64. The molecule has 0 saturated heterocycles. The molecule has 3 aromatic rings. The van der Waals surface area contributed by atoms with Crippen molar-refractivity contribution in [3.05, 3.63) is 76.1 Å². The average Bonchev–Trinajstić information content (AvgIpc) is 2.68. The van der Waals surface area contributed by atoms with Crippen LogP contribution in [0.5, 0.6) is 5.75 Å². The van der Waals surface area contributed by atoms with E-state index in [1.165, 1.54) is 0 Å². The van der Waals surface area contributed by atoms with E-state index in [1.807, 2.05) is 50.2 Å². The minimum atomic E-state index is -0.266. The first-order valence-corrected chi connectivity index (χ1v) is 9.12. The number of benzene rings is 2. The number of hydrogen-bond acceptors (Lipinski definition) is 5. The number of hydrogen-bond donors (Lipinski definition) is 2. The number of aromatic nitrogens is 2. The van der Waals surface area contributed by atoms with Crippen LogP contribution >= 0.6 is 11.6 Å². The van der Waals surface area contributed by atoms with E-state index in [1.54, 1.807) is 19.2 Å². The first-order valence-electron chi connectivity index (χ1n) is 8.74. The third-order valence-electron chi connectivity index (χ3n) is 4.13. The average molecular weight is 397 g/mol. The number of nitrogens with one attached hydrogen (secondary N) is 2. The van der Waals surface area contributed by atoms with Crippen molar-refractivity contribution in [1.29, 1.82) is 0 Å². The Labute approximate surface area is 168 Å². The fourth-order valence-corrected chi connectivity index (χ4v) is 2.87. The second kappa shape index (κ2) is 8.71. The Morgan fingerprint density at radius 2 is 1.82 bits per heavy atom. The van der Waals surface area contributed by atoms with E-state index in [0.29, 0.717) is 28.9 Å². The number of carbonyl (C=O) groups is 1. The minimum Gasteiger partial charge on any atom is -0.497 e. The van der Waals surface area contributed by atoms with Crippen molar-refractivity contribution >= 4 is 29.1 Å². The smallest absolute Gasteiger partial charge is 0.270 e. The molecule has 0 fully saturated rings. The van der Waals surface area contributed by atoms with Crippen LogP contribution in [0.4, 0.5) is 11.6 Å². The second-order valence-corrected chi connectivity index (χ2v) is 6.77. The first kappa shape index (κ1) is 19.6. The van der Waals surface area contributed by atoms with Crippen molar-refractivity contribution in [2.75, 3.05) is 12.4 Å². The van der Waals surface area contributed by atoms with E-state index in [4.69, 9.17) is 16.3 Å². The van der Waals surface area contributed by atoms with E-state index < -0.39 is 0 Å². The molecular weight excluding hydrogens is 376 g/mol. The third kappa shape index (κ3) is 4.98. The molecule has 144 valence electrons. The number of methoxy groups -OCH3 is 1. The number of halogens is 1. The predicted octanol–water partition coefficient (Wildman–Crippen LogP) is 4.43. The number of ether oxygens (including phenoxy) is 1. The van der Waals surface area contributed by atoms with Crippen LogP contribution in [0.15, 0.2) is 48.5 Å². The van der Waals surface area contributed by atoms with Crippen molar-refractivity contribution in [3.8, 4) is 5.75 Å². The number of nitrogens with zero attached hydrogens (tertiary/aromatic N) is 2. The monoisotopic (exact) mass is 396 g/mol. The van der Waals surface area contributed by atoms with Gasteiger partial charge in [-0.2, -0.15) is 0 Å². The molecule has 0 aliphatic rings. The van der Waals surface area contributed by atoms with Gasteiger partial charge >= 0.3 is 0 Å². The van der Waals surface area contributed by atoms with Gasteiger partial charge in [-0.3, -0.25) is 4.79 Å². The summed E-state index contributed by atoms with van der Waals surface area (Å²) >= 11 is 6.00. The van der Waals surface area contributed by atoms with Crippen LogP contribution in [0.1, 0.15) is 27.3 Å². The Kier molecular flexibility index (Phi) is 6.11. The normalized spacial score (nSPS) is 10.4. The van der Waals surface area contributed by atoms with Crippen molar-refractivity contribution in [3.63, 3.8) is 0 Å². The van der Waals surface area contributed by atoms with Gasteiger partial charge in [0, 0.05) is 22.9 Å². The van der Waals surface area contributed by atoms with Crippen LogP contribution in [0, 0.1) is 13.8 Å². The fraction of sp³-hybridized carbons (Fsp3) is 0.190. The lowest BCUT2D eigenvalue weighted by molar-refractivity contribution is 0.0945. The standard InChI is InChI=1S/C21H21ClN4O2/c1-13-10-16(22)6-9-18(13)25-21-24-14(2)11-19(26-21)20(27)23-12-15-4-7-17(28-3)8-5-15/h4-11H,12H2,1-3H3,(H,23,27)(H,24,25,26). The molecular formula is C21H21ClN4O2. The van der Waals surface area contributed by atoms with E-state index in [-0.39, 0.29) is 5.91 Å². The maximum atomic E-state index is 12.5. The van der Waals surface area contributed by atoms with Gasteiger partial charge in [0.25, 0.3) is 5.91 Å². The number of carbonyl (C=O) groups excluding carboxylic acids is 1. The quantitative estimate of drug-likeness (QED) is 0.644. The predicted molar refractivity (Wildman–Crippen MR) is 110 cm³/mol. The Bertz CT molecular complexity index is 990. The molecule has 0 aliphatic carbocycles. The van der Waals surface area contributed by atoms with Gasteiger partial charge in [0.2, 0.25) is 5.95 Å². The maximum absolute atomic E-state index is 12.5. The van der Waals surface area contributed by atoms with E-state index in [2.05, 4.69) is 20.6 Å². The van der Waals surface area contributed by atoms with Gasteiger partial charge in [-0.25, -0.2) is 9.97 Å². The molecule has 3 rings (SSSR count). The highest BCUT2D eigenvalue weighted by Gasteiger charge is 2.11. The van der Waals surface area contributed by atoms with Crippen LogP contribution in [0.2, 0.25) is 5.02 Å². The van der Waals surface area contributed by atoms with Gasteiger partial charge in [0.05, 0.1) is 7.11 Å². The molecule has 0 saturated carbocycles. The Morgan fingerprint density at radius 1 is 1.07 bits per heavy atom. The zero-order valence-corrected chi connectivity index (χ0v) is 16.7.